The van der Waals surface area contributed by atoms with Gasteiger partial charge in [-0.1, -0.05) is 11.8 Å². The predicted octanol–water partition coefficient (Wildman–Crippen LogP) is 2.20. The number of rotatable bonds is 7. The minimum atomic E-state index is -4.36. The van der Waals surface area contributed by atoms with E-state index in [1.54, 1.807) is 24.5 Å². The molecule has 0 N–H and O–H groups in total. The highest BCUT2D eigenvalue weighted by Crippen LogP contribution is 2.23. The molecule has 2 aromatic heterocycles. The van der Waals surface area contributed by atoms with Gasteiger partial charge in [0.05, 0.1) is 5.75 Å². The third-order valence-corrected chi connectivity index (χ3v) is 3.26. The molecule has 0 saturated heterocycles. The zero-order valence-corrected chi connectivity index (χ0v) is 12.2. The SMILES string of the molecule is O=C(CSc1nccc(-n2cccn2)n1)OCC(F)(F)C(F)F. The number of carbonyl (C=O) groups excluding carboxylic acids is 1. The van der Waals surface area contributed by atoms with Crippen molar-refractivity contribution in [3.05, 3.63) is 30.7 Å². The summed E-state index contributed by atoms with van der Waals surface area (Å²) in [6.07, 6.45) is 0.743. The average molecular weight is 350 g/mol. The van der Waals surface area contributed by atoms with E-state index in [9.17, 15) is 22.4 Å². The van der Waals surface area contributed by atoms with Gasteiger partial charge in [0.2, 0.25) is 0 Å². The van der Waals surface area contributed by atoms with Crippen molar-refractivity contribution < 1.29 is 27.1 Å². The number of aromatic nitrogens is 4. The smallest absolute Gasteiger partial charge is 0.340 e. The van der Waals surface area contributed by atoms with Gasteiger partial charge < -0.3 is 4.74 Å². The van der Waals surface area contributed by atoms with E-state index in [2.05, 4.69) is 19.8 Å². The lowest BCUT2D eigenvalue weighted by Crippen LogP contribution is -2.33. The van der Waals surface area contributed by atoms with Gasteiger partial charge in [0, 0.05) is 24.7 Å². The summed E-state index contributed by atoms with van der Waals surface area (Å²) in [4.78, 5) is 19.3. The normalized spacial score (nSPS) is 11.7. The highest BCUT2D eigenvalue weighted by atomic mass is 32.2. The van der Waals surface area contributed by atoms with Crippen molar-refractivity contribution in [1.29, 1.82) is 0 Å². The number of halogens is 4. The van der Waals surface area contributed by atoms with E-state index in [0.29, 0.717) is 5.82 Å². The van der Waals surface area contributed by atoms with Gasteiger partial charge in [-0.2, -0.15) is 13.9 Å². The van der Waals surface area contributed by atoms with Crippen LogP contribution in [0.4, 0.5) is 17.6 Å². The molecule has 0 aliphatic rings. The first-order chi connectivity index (χ1) is 10.9. The van der Waals surface area contributed by atoms with Crippen molar-refractivity contribution in [2.45, 2.75) is 17.5 Å². The molecule has 11 heteroatoms. The molecule has 2 heterocycles. The van der Waals surface area contributed by atoms with Crippen LogP contribution in [0.1, 0.15) is 0 Å². The number of carbonyl (C=O) groups is 1. The third-order valence-electron chi connectivity index (χ3n) is 2.42. The maximum atomic E-state index is 12.6. The first kappa shape index (κ1) is 17.2. The highest BCUT2D eigenvalue weighted by molar-refractivity contribution is 7.99. The number of hydrogen-bond acceptors (Lipinski definition) is 6. The molecule has 124 valence electrons. The van der Waals surface area contributed by atoms with Crippen molar-refractivity contribution in [3.8, 4) is 5.82 Å². The number of nitrogens with zero attached hydrogens (tertiary/aromatic N) is 4. The summed E-state index contributed by atoms with van der Waals surface area (Å²) in [6, 6.07) is 3.27. The lowest BCUT2D eigenvalue weighted by molar-refractivity contribution is -0.177. The number of esters is 1. The fourth-order valence-electron chi connectivity index (χ4n) is 1.34. The van der Waals surface area contributed by atoms with E-state index in [0.717, 1.165) is 11.8 Å². The van der Waals surface area contributed by atoms with Gasteiger partial charge in [0.25, 0.3) is 0 Å². The lowest BCUT2D eigenvalue weighted by Gasteiger charge is -2.14. The van der Waals surface area contributed by atoms with Gasteiger partial charge in [0.1, 0.15) is 0 Å². The molecular weight excluding hydrogens is 340 g/mol. The van der Waals surface area contributed by atoms with Crippen LogP contribution in [0.15, 0.2) is 35.9 Å². The molecule has 0 amide bonds. The van der Waals surface area contributed by atoms with Gasteiger partial charge in [-0.15, -0.1) is 0 Å². The predicted molar refractivity (Wildman–Crippen MR) is 71.8 cm³/mol. The molecule has 23 heavy (non-hydrogen) atoms. The Bertz CT molecular complexity index is 654. The van der Waals surface area contributed by atoms with Gasteiger partial charge in [-0.3, -0.25) is 4.79 Å². The fourth-order valence-corrected chi connectivity index (χ4v) is 1.96. The molecule has 0 spiro atoms. The Morgan fingerprint density at radius 2 is 2.17 bits per heavy atom. The Labute approximate surface area is 131 Å². The van der Waals surface area contributed by atoms with Crippen molar-refractivity contribution in [2.75, 3.05) is 12.4 Å². The van der Waals surface area contributed by atoms with Crippen LogP contribution in [0.25, 0.3) is 5.82 Å². The van der Waals surface area contributed by atoms with Crippen molar-refractivity contribution >= 4 is 17.7 Å². The fraction of sp³-hybridized carbons (Fsp3) is 0.333. The van der Waals surface area contributed by atoms with Crippen LogP contribution in [0.5, 0.6) is 0 Å². The summed E-state index contributed by atoms with van der Waals surface area (Å²) in [6.45, 7) is -1.67. The first-order valence-corrected chi connectivity index (χ1v) is 7.14. The Hall–Kier alpha value is -2.17. The van der Waals surface area contributed by atoms with Crippen LogP contribution >= 0.6 is 11.8 Å². The van der Waals surface area contributed by atoms with Gasteiger partial charge >= 0.3 is 18.3 Å². The van der Waals surface area contributed by atoms with E-state index < -0.39 is 24.9 Å². The second-order valence-corrected chi connectivity index (χ2v) is 5.10. The molecule has 0 aromatic carbocycles. The highest BCUT2D eigenvalue weighted by Gasteiger charge is 2.42. The molecule has 0 radical (unpaired) electrons. The van der Waals surface area contributed by atoms with Crippen LogP contribution in [0, 0.1) is 0 Å². The van der Waals surface area contributed by atoms with Crippen molar-refractivity contribution in [1.82, 2.24) is 19.7 Å². The molecule has 0 unspecified atom stereocenters. The summed E-state index contributed by atoms with van der Waals surface area (Å²) >= 11 is 0.829. The second-order valence-electron chi connectivity index (χ2n) is 4.16. The molecule has 0 fully saturated rings. The number of hydrogen-bond donors (Lipinski definition) is 0. The maximum absolute atomic E-state index is 12.6. The van der Waals surface area contributed by atoms with Crippen LogP contribution in [0.3, 0.4) is 0 Å². The molecule has 0 aliphatic heterocycles. The minimum Gasteiger partial charge on any atom is -0.458 e. The lowest BCUT2D eigenvalue weighted by atomic mass is 10.4. The summed E-state index contributed by atoms with van der Waals surface area (Å²) < 4.78 is 54.7. The van der Waals surface area contributed by atoms with Crippen molar-refractivity contribution in [2.24, 2.45) is 0 Å². The standard InChI is InChI=1S/C12H10F4N4O2S/c13-10(14)12(15,16)7-22-9(21)6-23-11-17-4-2-8(19-11)20-5-1-3-18-20/h1-5,10H,6-7H2. The molecule has 6 nitrogen and oxygen atoms in total. The van der Waals surface area contributed by atoms with E-state index in [-0.39, 0.29) is 10.9 Å². The minimum absolute atomic E-state index is 0.190. The van der Waals surface area contributed by atoms with Crippen LogP contribution in [0.2, 0.25) is 0 Å². The van der Waals surface area contributed by atoms with Gasteiger partial charge in [-0.05, 0) is 6.07 Å². The van der Waals surface area contributed by atoms with Crippen LogP contribution in [-0.4, -0.2) is 50.4 Å². The number of ether oxygens (including phenoxy) is 1. The molecule has 0 saturated carbocycles. The van der Waals surface area contributed by atoms with E-state index in [1.165, 1.54) is 10.9 Å². The van der Waals surface area contributed by atoms with Crippen LogP contribution in [-0.2, 0) is 9.53 Å². The Morgan fingerprint density at radius 1 is 1.39 bits per heavy atom. The van der Waals surface area contributed by atoms with Crippen molar-refractivity contribution in [3.63, 3.8) is 0 Å². The van der Waals surface area contributed by atoms with Gasteiger partial charge in [0.15, 0.2) is 17.6 Å². The molecule has 0 bridgehead atoms. The zero-order chi connectivity index (χ0) is 16.9. The summed E-state index contributed by atoms with van der Waals surface area (Å²) in [5.41, 5.74) is 0. The summed E-state index contributed by atoms with van der Waals surface area (Å²) in [5, 5.41) is 4.16. The van der Waals surface area contributed by atoms with Crippen LogP contribution < -0.4 is 0 Å². The second kappa shape index (κ2) is 7.40. The monoisotopic (exact) mass is 350 g/mol. The quantitative estimate of drug-likeness (QED) is 0.330. The first-order valence-electron chi connectivity index (χ1n) is 6.16. The maximum Gasteiger partial charge on any atom is 0.340 e. The van der Waals surface area contributed by atoms with E-state index in [1.807, 2.05) is 0 Å². The summed E-state index contributed by atoms with van der Waals surface area (Å²) in [5.74, 6) is -5.37. The molecule has 0 atom stereocenters. The van der Waals surface area contributed by atoms with E-state index >= 15 is 0 Å². The topological polar surface area (TPSA) is 69.9 Å². The average Bonchev–Trinajstić information content (AvgIpc) is 3.05. The Kier molecular flexibility index (Phi) is 5.53. The zero-order valence-electron chi connectivity index (χ0n) is 11.4. The molecule has 2 aromatic rings. The Balaban J connectivity index is 1.86. The number of alkyl halides is 4. The number of thioether (sulfide) groups is 1. The third kappa shape index (κ3) is 4.91. The van der Waals surface area contributed by atoms with Gasteiger partial charge in [-0.25, -0.2) is 23.4 Å². The molecular formula is C12H10F4N4O2S. The summed E-state index contributed by atoms with van der Waals surface area (Å²) in [7, 11) is 0. The Morgan fingerprint density at radius 3 is 2.83 bits per heavy atom. The molecule has 2 rings (SSSR count). The largest absolute Gasteiger partial charge is 0.458 e. The van der Waals surface area contributed by atoms with E-state index in [4.69, 9.17) is 0 Å². The molecule has 0 aliphatic carbocycles.